The Bertz CT molecular complexity index is 971. The van der Waals surface area contributed by atoms with E-state index < -0.39 is 36.4 Å². The molecule has 0 radical (unpaired) electrons. The van der Waals surface area contributed by atoms with Crippen molar-refractivity contribution in [3.63, 3.8) is 0 Å². The highest BCUT2D eigenvalue weighted by molar-refractivity contribution is 6.30. The Kier molecular flexibility index (Phi) is 6.54. The second-order valence-electron chi connectivity index (χ2n) is 7.56. The van der Waals surface area contributed by atoms with E-state index in [0.717, 1.165) is 11.8 Å². The molecule has 2 atom stereocenters. The largest absolute Gasteiger partial charge is 0.405 e. The summed E-state index contributed by atoms with van der Waals surface area (Å²) in [4.78, 5) is 26.3. The van der Waals surface area contributed by atoms with E-state index in [0.29, 0.717) is 17.4 Å². The van der Waals surface area contributed by atoms with Crippen molar-refractivity contribution in [3.8, 4) is 0 Å². The van der Waals surface area contributed by atoms with Gasteiger partial charge in [-0.2, -0.15) is 13.2 Å². The summed E-state index contributed by atoms with van der Waals surface area (Å²) in [5.41, 5.74) is 0.746. The van der Waals surface area contributed by atoms with Gasteiger partial charge in [0.25, 0.3) is 0 Å². The Morgan fingerprint density at radius 3 is 2.71 bits per heavy atom. The Hall–Kier alpha value is -2.69. The highest BCUT2D eigenvalue weighted by Gasteiger charge is 2.34. The number of hydrogen-bond acceptors (Lipinski definition) is 6. The molecule has 1 amide bonds. The third kappa shape index (κ3) is 5.15. The van der Waals surface area contributed by atoms with Gasteiger partial charge in [0.05, 0.1) is 17.1 Å². The van der Waals surface area contributed by atoms with Crippen LogP contribution in [-0.2, 0) is 4.79 Å². The summed E-state index contributed by atoms with van der Waals surface area (Å²) in [6.07, 6.45) is -2.08. The quantitative estimate of drug-likeness (QED) is 0.643. The van der Waals surface area contributed by atoms with Gasteiger partial charge in [0.2, 0.25) is 5.91 Å². The molecule has 12 heteroatoms. The van der Waals surface area contributed by atoms with Crippen molar-refractivity contribution in [1.29, 1.82) is 0 Å². The van der Waals surface area contributed by atoms with Crippen molar-refractivity contribution in [2.24, 2.45) is 5.92 Å². The van der Waals surface area contributed by atoms with Crippen LogP contribution < -0.4 is 15.5 Å². The molecule has 0 bridgehead atoms. The van der Waals surface area contributed by atoms with Gasteiger partial charge in [-0.15, -0.1) is 0 Å². The molecule has 2 aromatic rings. The average molecular weight is 461 g/mol. The van der Waals surface area contributed by atoms with Gasteiger partial charge in [-0.1, -0.05) is 25.4 Å². The second-order valence-corrected chi connectivity index (χ2v) is 7.99. The average Bonchev–Trinajstić information content (AvgIpc) is 3.09. The number of halogens is 5. The predicted octanol–water partition coefficient (Wildman–Crippen LogP) is 3.36. The van der Waals surface area contributed by atoms with Crippen LogP contribution in [0.15, 0.2) is 18.5 Å². The van der Waals surface area contributed by atoms with Crippen LogP contribution in [0.2, 0.25) is 5.02 Å². The summed E-state index contributed by atoms with van der Waals surface area (Å²) in [6, 6.07) is 0.635. The van der Waals surface area contributed by atoms with Crippen LogP contribution in [0.1, 0.15) is 31.2 Å². The molecule has 2 N–H and O–H groups in total. The van der Waals surface area contributed by atoms with Gasteiger partial charge in [-0.25, -0.2) is 19.3 Å². The van der Waals surface area contributed by atoms with Crippen molar-refractivity contribution in [1.82, 2.24) is 20.3 Å². The molecular weight excluding hydrogens is 440 g/mol. The normalized spacial score (nSPS) is 16.6. The van der Waals surface area contributed by atoms with Gasteiger partial charge < -0.3 is 15.5 Å². The fourth-order valence-corrected chi connectivity index (χ4v) is 3.71. The number of amides is 1. The van der Waals surface area contributed by atoms with Crippen LogP contribution in [0.25, 0.3) is 0 Å². The highest BCUT2D eigenvalue weighted by Crippen LogP contribution is 2.35. The van der Waals surface area contributed by atoms with Crippen LogP contribution in [0.3, 0.4) is 0 Å². The first-order chi connectivity index (χ1) is 14.5. The summed E-state index contributed by atoms with van der Waals surface area (Å²) in [5.74, 6) is -1.75. The molecular formula is C19H21ClF4N6O. The number of anilines is 2. The maximum absolute atomic E-state index is 14.6. The summed E-state index contributed by atoms with van der Waals surface area (Å²) >= 11 is 6.03. The fraction of sp³-hybridized carbons (Fsp3) is 0.474. The van der Waals surface area contributed by atoms with Crippen molar-refractivity contribution in [2.45, 2.75) is 32.0 Å². The molecule has 3 heterocycles. The van der Waals surface area contributed by atoms with Crippen molar-refractivity contribution in [3.05, 3.63) is 40.7 Å². The number of carbonyl (C=O) groups excluding carboxylic acids is 1. The number of likely N-dealkylation sites (N-methyl/N-ethyl adjacent to an activating group) is 1. The van der Waals surface area contributed by atoms with Crippen LogP contribution in [0.4, 0.5) is 29.2 Å². The molecule has 3 rings (SSSR count). The maximum Gasteiger partial charge on any atom is 0.405 e. The highest BCUT2D eigenvalue weighted by atomic mass is 35.5. The first-order valence-corrected chi connectivity index (χ1v) is 9.84. The first-order valence-electron chi connectivity index (χ1n) is 9.47. The van der Waals surface area contributed by atoms with Crippen LogP contribution in [0, 0.1) is 11.7 Å². The number of alkyl halides is 3. The van der Waals surface area contributed by atoms with Crippen LogP contribution in [0.5, 0.6) is 0 Å². The van der Waals surface area contributed by atoms with E-state index in [4.69, 9.17) is 11.6 Å². The van der Waals surface area contributed by atoms with Gasteiger partial charge in [0, 0.05) is 25.4 Å². The lowest BCUT2D eigenvalue weighted by atomic mass is 10.0. The van der Waals surface area contributed by atoms with Crippen LogP contribution >= 0.6 is 11.6 Å². The Morgan fingerprint density at radius 1 is 1.35 bits per heavy atom. The number of rotatable bonds is 6. The number of aromatic nitrogens is 3. The lowest BCUT2D eigenvalue weighted by molar-refractivity contribution is -0.139. The zero-order valence-corrected chi connectivity index (χ0v) is 17.7. The Labute approximate surface area is 181 Å². The minimum atomic E-state index is -4.55. The smallest absolute Gasteiger partial charge is 0.369 e. The van der Waals surface area contributed by atoms with Gasteiger partial charge in [0.1, 0.15) is 24.2 Å². The van der Waals surface area contributed by atoms with Gasteiger partial charge in [-0.3, -0.25) is 4.79 Å². The summed E-state index contributed by atoms with van der Waals surface area (Å²) in [7, 11) is 1.41. The lowest BCUT2D eigenvalue weighted by Gasteiger charge is -2.31. The van der Waals surface area contributed by atoms with E-state index in [9.17, 15) is 22.4 Å². The summed E-state index contributed by atoms with van der Waals surface area (Å²) in [6.45, 7) is 2.24. The Morgan fingerprint density at radius 2 is 2.06 bits per heavy atom. The number of nitrogens with zero attached hydrogens (tertiary/aromatic N) is 4. The number of nitrogens with one attached hydrogen (secondary N) is 2. The molecule has 1 aliphatic rings. The minimum Gasteiger partial charge on any atom is -0.369 e. The third-order valence-electron chi connectivity index (χ3n) is 4.90. The second kappa shape index (κ2) is 8.81. The van der Waals surface area contributed by atoms with Gasteiger partial charge in [-0.05, 0) is 12.0 Å². The Balaban J connectivity index is 1.90. The molecule has 0 saturated heterocycles. The SMILES string of the molecule is CC(C)[C@H](C(=O)NCC(F)(F)F)N(C)c1nc(C2CNc3ncc(Cl)cc32)ncc1F. The molecule has 2 aromatic heterocycles. The molecule has 1 unspecified atom stereocenters. The number of fused-ring (bicyclic) bond motifs is 1. The van der Waals surface area contributed by atoms with Crippen molar-refractivity contribution >= 4 is 29.1 Å². The molecule has 0 aliphatic carbocycles. The van der Waals surface area contributed by atoms with E-state index >= 15 is 0 Å². The van der Waals surface area contributed by atoms with E-state index in [1.54, 1.807) is 19.9 Å². The number of hydrogen-bond donors (Lipinski definition) is 2. The van der Waals surface area contributed by atoms with Crippen molar-refractivity contribution < 1.29 is 22.4 Å². The first kappa shape index (κ1) is 23.0. The molecule has 0 aromatic carbocycles. The lowest BCUT2D eigenvalue weighted by Crippen LogP contribution is -2.50. The third-order valence-corrected chi connectivity index (χ3v) is 5.11. The van der Waals surface area contributed by atoms with Crippen molar-refractivity contribution in [2.75, 3.05) is 30.4 Å². The molecule has 7 nitrogen and oxygen atoms in total. The fourth-order valence-electron chi connectivity index (χ4n) is 3.54. The summed E-state index contributed by atoms with van der Waals surface area (Å²) in [5, 5.41) is 5.38. The molecule has 0 saturated carbocycles. The molecule has 0 spiro atoms. The maximum atomic E-state index is 14.6. The molecule has 168 valence electrons. The van der Waals surface area contributed by atoms with E-state index in [2.05, 4.69) is 20.3 Å². The van der Waals surface area contributed by atoms with Crippen LogP contribution in [-0.4, -0.2) is 53.2 Å². The predicted molar refractivity (Wildman–Crippen MR) is 108 cm³/mol. The van der Waals surface area contributed by atoms with E-state index in [-0.39, 0.29) is 17.6 Å². The van der Waals surface area contributed by atoms with E-state index in [1.807, 2.05) is 5.32 Å². The molecule has 31 heavy (non-hydrogen) atoms. The standard InChI is InChI=1S/C19H21ClF4N6O/c1-9(2)14(18(31)28-8-19(22,23)24)30(3)17-13(21)7-27-16(29-17)12-6-26-15-11(12)4-10(20)5-25-15/h4-5,7,9,12,14H,6,8H2,1-3H3,(H,25,26)(H,28,31)/t12?,14-/m1/s1. The zero-order valence-electron chi connectivity index (χ0n) is 17.0. The summed E-state index contributed by atoms with van der Waals surface area (Å²) < 4.78 is 52.1. The van der Waals surface area contributed by atoms with E-state index in [1.165, 1.54) is 18.1 Å². The molecule has 1 aliphatic heterocycles. The zero-order chi connectivity index (χ0) is 22.9. The number of carbonyl (C=O) groups is 1. The van der Waals surface area contributed by atoms with Gasteiger partial charge in [0.15, 0.2) is 11.6 Å². The monoisotopic (exact) mass is 460 g/mol. The minimum absolute atomic E-state index is 0.186. The topological polar surface area (TPSA) is 83.0 Å². The molecule has 0 fully saturated rings. The number of pyridine rings is 1. The van der Waals surface area contributed by atoms with Gasteiger partial charge >= 0.3 is 6.18 Å².